The Morgan fingerprint density at radius 3 is 3.29 bits per heavy atom. The molecule has 3 heterocycles. The standard InChI is InChI=1S/C8H6N4O2/c13-8-9-5-2-1-3-6-10-11-7(4-14-8)12(5)6/h1-3H,4H2,(H,9,13). The molecular formula is C8H6N4O2. The molecule has 70 valence electrons. The Labute approximate surface area is 78.5 Å². The molecule has 1 N–H and O–H groups in total. The van der Waals surface area contributed by atoms with Crippen LogP contribution >= 0.6 is 0 Å². The topological polar surface area (TPSA) is 68.5 Å². The minimum atomic E-state index is -0.469. The molecule has 1 aliphatic rings. The van der Waals surface area contributed by atoms with Crippen LogP contribution in [-0.2, 0) is 11.3 Å². The van der Waals surface area contributed by atoms with Crippen LogP contribution in [0, 0.1) is 0 Å². The van der Waals surface area contributed by atoms with Crippen molar-refractivity contribution in [2.75, 3.05) is 5.32 Å². The molecule has 14 heavy (non-hydrogen) atoms. The highest BCUT2D eigenvalue weighted by Gasteiger charge is 2.16. The third kappa shape index (κ3) is 0.875. The molecule has 0 atom stereocenters. The number of carbonyl (C=O) groups excluding carboxylic acids is 1. The molecule has 0 bridgehead atoms. The van der Waals surface area contributed by atoms with Crippen LogP contribution in [0.4, 0.5) is 10.6 Å². The van der Waals surface area contributed by atoms with E-state index in [9.17, 15) is 4.79 Å². The lowest BCUT2D eigenvalue weighted by molar-refractivity contribution is 0.153. The zero-order valence-corrected chi connectivity index (χ0v) is 7.10. The number of pyridine rings is 1. The second-order valence-electron chi connectivity index (χ2n) is 2.92. The van der Waals surface area contributed by atoms with Gasteiger partial charge in [0.2, 0.25) is 0 Å². The van der Waals surface area contributed by atoms with E-state index >= 15 is 0 Å². The molecule has 0 saturated heterocycles. The largest absolute Gasteiger partial charge is 0.441 e. The Morgan fingerprint density at radius 2 is 2.36 bits per heavy atom. The molecule has 1 aliphatic heterocycles. The number of anilines is 1. The van der Waals surface area contributed by atoms with E-state index in [0.29, 0.717) is 17.3 Å². The molecule has 0 spiro atoms. The molecule has 2 aromatic heterocycles. The van der Waals surface area contributed by atoms with Gasteiger partial charge in [-0.1, -0.05) is 6.07 Å². The van der Waals surface area contributed by atoms with Crippen LogP contribution in [0.15, 0.2) is 18.2 Å². The first-order valence-corrected chi connectivity index (χ1v) is 4.11. The van der Waals surface area contributed by atoms with E-state index < -0.39 is 6.09 Å². The van der Waals surface area contributed by atoms with Crippen LogP contribution in [0.25, 0.3) is 5.65 Å². The van der Waals surface area contributed by atoms with Crippen molar-refractivity contribution in [2.24, 2.45) is 0 Å². The fourth-order valence-electron chi connectivity index (χ4n) is 1.46. The highest BCUT2D eigenvalue weighted by Crippen LogP contribution is 2.16. The van der Waals surface area contributed by atoms with Gasteiger partial charge in [0, 0.05) is 0 Å². The summed E-state index contributed by atoms with van der Waals surface area (Å²) in [5, 5.41) is 10.4. The monoisotopic (exact) mass is 190 g/mol. The molecule has 3 rings (SSSR count). The smallest absolute Gasteiger partial charge is 0.413 e. The number of ether oxygens (including phenoxy) is 1. The van der Waals surface area contributed by atoms with Gasteiger partial charge in [-0.2, -0.15) is 0 Å². The maximum atomic E-state index is 11.1. The molecule has 1 amide bonds. The van der Waals surface area contributed by atoms with Crippen molar-refractivity contribution in [3.63, 3.8) is 0 Å². The number of rotatable bonds is 0. The van der Waals surface area contributed by atoms with Gasteiger partial charge in [0.1, 0.15) is 5.82 Å². The number of amides is 1. The van der Waals surface area contributed by atoms with E-state index in [1.165, 1.54) is 0 Å². The second-order valence-corrected chi connectivity index (χ2v) is 2.92. The van der Waals surface area contributed by atoms with Gasteiger partial charge in [-0.15, -0.1) is 10.2 Å². The first kappa shape index (κ1) is 7.31. The van der Waals surface area contributed by atoms with Crippen molar-refractivity contribution in [1.82, 2.24) is 14.6 Å². The van der Waals surface area contributed by atoms with Crippen LogP contribution in [0.3, 0.4) is 0 Å². The van der Waals surface area contributed by atoms with E-state index in [2.05, 4.69) is 15.5 Å². The highest BCUT2D eigenvalue weighted by molar-refractivity contribution is 5.84. The van der Waals surface area contributed by atoms with Crippen LogP contribution in [0.2, 0.25) is 0 Å². The highest BCUT2D eigenvalue weighted by atomic mass is 16.5. The van der Waals surface area contributed by atoms with Crippen molar-refractivity contribution in [3.05, 3.63) is 24.0 Å². The molecule has 0 radical (unpaired) electrons. The number of hydrogen-bond donors (Lipinski definition) is 1. The average molecular weight is 190 g/mol. The summed E-state index contributed by atoms with van der Waals surface area (Å²) in [7, 11) is 0. The van der Waals surface area contributed by atoms with Crippen molar-refractivity contribution < 1.29 is 9.53 Å². The zero-order valence-electron chi connectivity index (χ0n) is 7.10. The number of cyclic esters (lactones) is 1. The number of carbonyl (C=O) groups is 1. The lowest BCUT2D eigenvalue weighted by atomic mass is 10.4. The Hall–Kier alpha value is -2.11. The number of aromatic nitrogens is 3. The van der Waals surface area contributed by atoms with Gasteiger partial charge in [0.05, 0.1) is 0 Å². The molecule has 0 fully saturated rings. The van der Waals surface area contributed by atoms with Crippen molar-refractivity contribution in [1.29, 1.82) is 0 Å². The summed E-state index contributed by atoms with van der Waals surface area (Å²) in [6.45, 7) is 0.143. The third-order valence-corrected chi connectivity index (χ3v) is 2.06. The summed E-state index contributed by atoms with van der Waals surface area (Å²) >= 11 is 0. The number of nitrogens with one attached hydrogen (secondary N) is 1. The SMILES string of the molecule is O=C1Nc2cccc3nnc(n23)CO1. The minimum Gasteiger partial charge on any atom is -0.441 e. The van der Waals surface area contributed by atoms with Crippen LogP contribution in [0.5, 0.6) is 0 Å². The predicted molar refractivity (Wildman–Crippen MR) is 46.8 cm³/mol. The maximum absolute atomic E-state index is 11.1. The first-order chi connectivity index (χ1) is 6.84. The van der Waals surface area contributed by atoms with Crippen molar-refractivity contribution in [3.8, 4) is 0 Å². The van der Waals surface area contributed by atoms with E-state index in [-0.39, 0.29) is 6.61 Å². The van der Waals surface area contributed by atoms with Crippen LogP contribution < -0.4 is 5.32 Å². The fourth-order valence-corrected chi connectivity index (χ4v) is 1.46. The third-order valence-electron chi connectivity index (χ3n) is 2.06. The summed E-state index contributed by atoms with van der Waals surface area (Å²) in [5.74, 6) is 1.25. The van der Waals surface area contributed by atoms with E-state index in [1.54, 1.807) is 16.5 Å². The molecule has 6 nitrogen and oxygen atoms in total. The maximum Gasteiger partial charge on any atom is 0.413 e. The van der Waals surface area contributed by atoms with Crippen molar-refractivity contribution >= 4 is 17.6 Å². The van der Waals surface area contributed by atoms with Gasteiger partial charge >= 0.3 is 6.09 Å². The molecule has 0 saturated carbocycles. The van der Waals surface area contributed by atoms with E-state index in [0.717, 1.165) is 0 Å². The van der Waals surface area contributed by atoms with Crippen LogP contribution in [0.1, 0.15) is 5.82 Å². The zero-order chi connectivity index (χ0) is 9.54. The van der Waals surface area contributed by atoms with Gasteiger partial charge < -0.3 is 4.74 Å². The summed E-state index contributed by atoms with van der Waals surface area (Å²) < 4.78 is 6.62. The van der Waals surface area contributed by atoms with E-state index in [1.807, 2.05) is 6.07 Å². The second kappa shape index (κ2) is 2.44. The molecular weight excluding hydrogens is 184 g/mol. The lowest BCUT2D eigenvalue weighted by Crippen LogP contribution is -2.11. The Balaban J connectivity index is 2.36. The normalized spacial score (nSPS) is 14.7. The van der Waals surface area contributed by atoms with Gasteiger partial charge in [-0.25, -0.2) is 4.79 Å². The summed E-state index contributed by atoms with van der Waals surface area (Å²) in [5.41, 5.74) is 0.698. The van der Waals surface area contributed by atoms with Crippen molar-refractivity contribution in [2.45, 2.75) is 6.61 Å². The van der Waals surface area contributed by atoms with Crippen LogP contribution in [-0.4, -0.2) is 20.7 Å². The quantitative estimate of drug-likeness (QED) is 0.666. The number of hydrogen-bond acceptors (Lipinski definition) is 4. The number of nitrogens with zero attached hydrogens (tertiary/aromatic N) is 3. The van der Waals surface area contributed by atoms with E-state index in [4.69, 9.17) is 4.74 Å². The van der Waals surface area contributed by atoms with Gasteiger partial charge in [0.15, 0.2) is 18.1 Å². The summed E-state index contributed by atoms with van der Waals surface area (Å²) in [4.78, 5) is 11.1. The Bertz CT molecular complexity index is 519. The lowest BCUT2D eigenvalue weighted by Gasteiger charge is -2.01. The average Bonchev–Trinajstić information content (AvgIpc) is 2.51. The molecule has 0 aliphatic carbocycles. The summed E-state index contributed by atoms with van der Waals surface area (Å²) in [6, 6.07) is 5.39. The fraction of sp³-hybridized carbons (Fsp3) is 0.125. The van der Waals surface area contributed by atoms with Gasteiger partial charge in [-0.05, 0) is 12.1 Å². The summed E-state index contributed by atoms with van der Waals surface area (Å²) in [6.07, 6.45) is -0.469. The Morgan fingerprint density at radius 1 is 1.43 bits per heavy atom. The Kier molecular flexibility index (Phi) is 1.27. The molecule has 0 aromatic carbocycles. The molecule has 0 unspecified atom stereocenters. The molecule has 2 aromatic rings. The first-order valence-electron chi connectivity index (χ1n) is 4.11. The minimum absolute atomic E-state index is 0.143. The predicted octanol–water partition coefficient (Wildman–Crippen LogP) is 0.791. The van der Waals surface area contributed by atoms with Gasteiger partial charge in [0.25, 0.3) is 0 Å². The van der Waals surface area contributed by atoms with Gasteiger partial charge in [-0.3, -0.25) is 9.72 Å². The molecule has 6 heteroatoms.